The summed E-state index contributed by atoms with van der Waals surface area (Å²) in [6, 6.07) is 4.72. The number of hydrogen-bond acceptors (Lipinski definition) is 2. The molecule has 0 unspecified atom stereocenters. The fraction of sp³-hybridized carbons (Fsp3) is 0.571. The van der Waals surface area contributed by atoms with E-state index in [2.05, 4.69) is 5.32 Å². The molecule has 2 nitrogen and oxygen atoms in total. The van der Waals surface area contributed by atoms with Crippen molar-refractivity contribution in [3.05, 3.63) is 29.3 Å². The van der Waals surface area contributed by atoms with Crippen LogP contribution in [0.4, 0.5) is 18.9 Å². The Kier molecular flexibility index (Phi) is 5.23. The normalized spacial score (nSPS) is 12.0. The Labute approximate surface area is 112 Å². The Morgan fingerprint density at radius 2 is 1.89 bits per heavy atom. The number of hydrogen-bond donors (Lipinski definition) is 1. The second-order valence-electron chi connectivity index (χ2n) is 4.75. The minimum atomic E-state index is -4.32. The van der Waals surface area contributed by atoms with Crippen molar-refractivity contribution in [2.24, 2.45) is 0 Å². The van der Waals surface area contributed by atoms with Crippen LogP contribution in [0.25, 0.3) is 0 Å². The Bertz CT molecular complexity index is 414. The summed E-state index contributed by atoms with van der Waals surface area (Å²) in [7, 11) is 1.64. The lowest BCUT2D eigenvalue weighted by Gasteiger charge is -2.28. The van der Waals surface area contributed by atoms with E-state index in [1.54, 1.807) is 19.2 Å². The molecule has 0 amide bonds. The smallest absolute Gasteiger partial charge is 0.369 e. The van der Waals surface area contributed by atoms with Gasteiger partial charge in [-0.2, -0.15) is 13.2 Å². The lowest BCUT2D eigenvalue weighted by molar-refractivity contribution is -0.138. The number of halogens is 3. The van der Waals surface area contributed by atoms with Crippen molar-refractivity contribution in [3.8, 4) is 0 Å². The van der Waals surface area contributed by atoms with E-state index in [9.17, 15) is 13.2 Å². The first kappa shape index (κ1) is 15.8. The summed E-state index contributed by atoms with van der Waals surface area (Å²) in [6.07, 6.45) is -4.32. The van der Waals surface area contributed by atoms with Crippen molar-refractivity contribution in [1.82, 2.24) is 5.32 Å². The SMILES string of the molecule is CCN(c1ccc(CNC)c(C(F)(F)F)c1)C(C)C. The second-order valence-corrected chi connectivity index (χ2v) is 4.75. The largest absolute Gasteiger partial charge is 0.416 e. The summed E-state index contributed by atoms with van der Waals surface area (Å²) < 4.78 is 39.2. The number of alkyl halides is 3. The van der Waals surface area contributed by atoms with Gasteiger partial charge in [0.25, 0.3) is 0 Å². The minimum absolute atomic E-state index is 0.168. The molecule has 0 radical (unpaired) electrons. The first-order valence-electron chi connectivity index (χ1n) is 6.42. The molecule has 19 heavy (non-hydrogen) atoms. The van der Waals surface area contributed by atoms with Gasteiger partial charge in [0.15, 0.2) is 0 Å². The van der Waals surface area contributed by atoms with Crippen molar-refractivity contribution in [2.75, 3.05) is 18.5 Å². The minimum Gasteiger partial charge on any atom is -0.369 e. The van der Waals surface area contributed by atoms with Crippen LogP contribution in [0.3, 0.4) is 0 Å². The van der Waals surface area contributed by atoms with Crippen molar-refractivity contribution in [1.29, 1.82) is 0 Å². The Morgan fingerprint density at radius 3 is 2.32 bits per heavy atom. The first-order valence-corrected chi connectivity index (χ1v) is 6.42. The van der Waals surface area contributed by atoms with Gasteiger partial charge in [-0.1, -0.05) is 6.07 Å². The van der Waals surface area contributed by atoms with Crippen LogP contribution in [0.5, 0.6) is 0 Å². The lowest BCUT2D eigenvalue weighted by atomic mass is 10.0. The molecule has 0 saturated heterocycles. The molecule has 5 heteroatoms. The predicted octanol–water partition coefficient (Wildman–Crippen LogP) is 3.66. The van der Waals surface area contributed by atoms with Gasteiger partial charge in [0.1, 0.15) is 0 Å². The summed E-state index contributed by atoms with van der Waals surface area (Å²) in [5, 5.41) is 2.77. The zero-order chi connectivity index (χ0) is 14.6. The summed E-state index contributed by atoms with van der Waals surface area (Å²) in [5.41, 5.74) is 0.335. The number of nitrogens with one attached hydrogen (secondary N) is 1. The van der Waals surface area contributed by atoms with Gasteiger partial charge in [-0.3, -0.25) is 0 Å². The predicted molar refractivity (Wildman–Crippen MR) is 72.4 cm³/mol. The van der Waals surface area contributed by atoms with E-state index in [1.165, 1.54) is 6.07 Å². The molecule has 0 aromatic heterocycles. The molecule has 0 aliphatic rings. The van der Waals surface area contributed by atoms with Gasteiger partial charge in [-0.25, -0.2) is 0 Å². The van der Waals surface area contributed by atoms with Crippen LogP contribution in [0.2, 0.25) is 0 Å². The number of anilines is 1. The van der Waals surface area contributed by atoms with Crippen LogP contribution in [0.15, 0.2) is 18.2 Å². The molecule has 108 valence electrons. The molecule has 0 atom stereocenters. The van der Waals surface area contributed by atoms with Crippen LogP contribution < -0.4 is 10.2 Å². The average molecular weight is 274 g/mol. The molecule has 1 rings (SSSR count). The highest BCUT2D eigenvalue weighted by Gasteiger charge is 2.33. The van der Waals surface area contributed by atoms with Crippen LogP contribution in [-0.4, -0.2) is 19.6 Å². The molecule has 0 heterocycles. The topological polar surface area (TPSA) is 15.3 Å². The summed E-state index contributed by atoms with van der Waals surface area (Å²) in [5.74, 6) is 0. The van der Waals surface area contributed by atoms with Crippen molar-refractivity contribution < 1.29 is 13.2 Å². The molecule has 1 aromatic carbocycles. The molecule has 1 N–H and O–H groups in total. The quantitative estimate of drug-likeness (QED) is 0.881. The lowest BCUT2D eigenvalue weighted by Crippen LogP contribution is -2.30. The third-order valence-corrected chi connectivity index (χ3v) is 3.06. The van der Waals surface area contributed by atoms with Gasteiger partial charge >= 0.3 is 6.18 Å². The highest BCUT2D eigenvalue weighted by atomic mass is 19.4. The number of benzene rings is 1. The average Bonchev–Trinajstić information content (AvgIpc) is 2.30. The van der Waals surface area contributed by atoms with Crippen molar-refractivity contribution in [3.63, 3.8) is 0 Å². The van der Waals surface area contributed by atoms with Gasteiger partial charge < -0.3 is 10.2 Å². The maximum atomic E-state index is 13.1. The van der Waals surface area contributed by atoms with E-state index < -0.39 is 11.7 Å². The Balaban J connectivity index is 3.25. The molecule has 0 aliphatic carbocycles. The first-order chi connectivity index (χ1) is 8.81. The summed E-state index contributed by atoms with van der Waals surface area (Å²) in [6.45, 7) is 6.77. The summed E-state index contributed by atoms with van der Waals surface area (Å²) in [4.78, 5) is 1.94. The molecule has 0 fully saturated rings. The van der Waals surface area contributed by atoms with E-state index in [4.69, 9.17) is 0 Å². The van der Waals surface area contributed by atoms with Gasteiger partial charge in [0.2, 0.25) is 0 Å². The van der Waals surface area contributed by atoms with Gasteiger partial charge in [0, 0.05) is 24.8 Å². The fourth-order valence-electron chi connectivity index (χ4n) is 2.20. The van der Waals surface area contributed by atoms with E-state index in [0.29, 0.717) is 12.2 Å². The third kappa shape index (κ3) is 3.86. The van der Waals surface area contributed by atoms with Gasteiger partial charge in [-0.05, 0) is 45.5 Å². The third-order valence-electron chi connectivity index (χ3n) is 3.06. The Morgan fingerprint density at radius 1 is 1.26 bits per heavy atom. The van der Waals surface area contributed by atoms with E-state index in [1.807, 2.05) is 25.7 Å². The van der Waals surface area contributed by atoms with Crippen LogP contribution in [0, 0.1) is 0 Å². The van der Waals surface area contributed by atoms with E-state index in [0.717, 1.165) is 0 Å². The fourth-order valence-corrected chi connectivity index (χ4v) is 2.20. The summed E-state index contributed by atoms with van der Waals surface area (Å²) >= 11 is 0. The molecule has 1 aromatic rings. The number of rotatable bonds is 5. The van der Waals surface area contributed by atoms with Crippen molar-refractivity contribution >= 4 is 5.69 Å². The van der Waals surface area contributed by atoms with Crippen LogP contribution in [-0.2, 0) is 12.7 Å². The maximum absolute atomic E-state index is 13.1. The maximum Gasteiger partial charge on any atom is 0.416 e. The molecule has 0 spiro atoms. The van der Waals surface area contributed by atoms with Crippen LogP contribution >= 0.6 is 0 Å². The number of nitrogens with zero attached hydrogens (tertiary/aromatic N) is 1. The molecule has 0 bridgehead atoms. The zero-order valence-corrected chi connectivity index (χ0v) is 11.8. The molecule has 0 aliphatic heterocycles. The monoisotopic (exact) mass is 274 g/mol. The molecule has 0 saturated carbocycles. The van der Waals surface area contributed by atoms with Crippen molar-refractivity contribution in [2.45, 2.75) is 39.5 Å². The van der Waals surface area contributed by atoms with Gasteiger partial charge in [0.05, 0.1) is 5.56 Å². The Hall–Kier alpha value is -1.23. The van der Waals surface area contributed by atoms with E-state index in [-0.39, 0.29) is 18.2 Å². The van der Waals surface area contributed by atoms with Gasteiger partial charge in [-0.15, -0.1) is 0 Å². The second kappa shape index (κ2) is 6.28. The molecular weight excluding hydrogens is 253 g/mol. The zero-order valence-electron chi connectivity index (χ0n) is 11.8. The highest BCUT2D eigenvalue weighted by Crippen LogP contribution is 2.35. The highest BCUT2D eigenvalue weighted by molar-refractivity contribution is 5.52. The molecular formula is C14H21F3N2. The van der Waals surface area contributed by atoms with Crippen LogP contribution in [0.1, 0.15) is 31.9 Å². The van der Waals surface area contributed by atoms with E-state index >= 15 is 0 Å². The standard InChI is InChI=1S/C14H21F3N2/c1-5-19(10(2)3)12-7-6-11(9-18-4)13(8-12)14(15,16)17/h6-8,10,18H,5,9H2,1-4H3.